The Kier molecular flexibility index (Phi) is 4.95. The van der Waals surface area contributed by atoms with Crippen molar-refractivity contribution >= 4 is 17.5 Å². The molecular weight excluding hydrogens is 299 g/mol. The van der Waals surface area contributed by atoms with Gasteiger partial charge in [-0.25, -0.2) is 4.39 Å². The fraction of sp³-hybridized carbons (Fsp3) is 0.176. The number of methoxy groups -OCH3 is 1. The number of hydrogen-bond acceptors (Lipinski definition) is 3. The minimum absolute atomic E-state index is 0.00603. The van der Waals surface area contributed by atoms with E-state index in [1.54, 1.807) is 25.1 Å². The smallest absolute Gasteiger partial charge is 0.255 e. The van der Waals surface area contributed by atoms with Crippen molar-refractivity contribution in [1.29, 1.82) is 0 Å². The molecule has 5 nitrogen and oxygen atoms in total. The third kappa shape index (κ3) is 3.48. The van der Waals surface area contributed by atoms with Crippen molar-refractivity contribution in [3.05, 3.63) is 58.9 Å². The molecule has 0 spiro atoms. The number of benzene rings is 2. The van der Waals surface area contributed by atoms with Crippen LogP contribution in [-0.4, -0.2) is 26.0 Å². The highest BCUT2D eigenvalue weighted by Gasteiger charge is 2.14. The van der Waals surface area contributed by atoms with E-state index in [4.69, 9.17) is 4.74 Å². The Morgan fingerprint density at radius 2 is 1.87 bits per heavy atom. The van der Waals surface area contributed by atoms with Crippen molar-refractivity contribution in [2.75, 3.05) is 19.5 Å². The predicted molar refractivity (Wildman–Crippen MR) is 85.5 cm³/mol. The van der Waals surface area contributed by atoms with Crippen molar-refractivity contribution in [2.24, 2.45) is 0 Å². The number of carbonyl (C=O) groups excluding carboxylic acids is 2. The molecule has 23 heavy (non-hydrogen) atoms. The summed E-state index contributed by atoms with van der Waals surface area (Å²) in [5, 5.41) is 5.27. The summed E-state index contributed by atoms with van der Waals surface area (Å²) in [6.45, 7) is 1.74. The Labute approximate surface area is 133 Å². The molecule has 2 N–H and O–H groups in total. The van der Waals surface area contributed by atoms with Crippen LogP contribution in [0.1, 0.15) is 26.3 Å². The summed E-state index contributed by atoms with van der Waals surface area (Å²) < 4.78 is 18.3. The Morgan fingerprint density at radius 1 is 1.13 bits per heavy atom. The molecular formula is C17H17FN2O3. The number of rotatable bonds is 4. The monoisotopic (exact) mass is 316 g/mol. The zero-order chi connectivity index (χ0) is 17.0. The predicted octanol–water partition coefficient (Wildman–Crippen LogP) is 2.75. The Morgan fingerprint density at radius 3 is 2.52 bits per heavy atom. The summed E-state index contributed by atoms with van der Waals surface area (Å²) >= 11 is 0. The number of anilines is 1. The molecule has 0 bridgehead atoms. The zero-order valence-electron chi connectivity index (χ0n) is 13.1. The maximum absolute atomic E-state index is 13.4. The van der Waals surface area contributed by atoms with Crippen LogP contribution in [0.2, 0.25) is 0 Å². The maximum atomic E-state index is 13.4. The van der Waals surface area contributed by atoms with Crippen molar-refractivity contribution in [3.8, 4) is 5.75 Å². The van der Waals surface area contributed by atoms with Crippen LogP contribution in [0.25, 0.3) is 0 Å². The topological polar surface area (TPSA) is 67.4 Å². The molecule has 0 atom stereocenters. The second-order valence-electron chi connectivity index (χ2n) is 4.86. The molecule has 2 aromatic carbocycles. The molecule has 0 aliphatic rings. The molecule has 0 saturated carbocycles. The molecule has 0 aromatic heterocycles. The lowest BCUT2D eigenvalue weighted by Gasteiger charge is -2.12. The van der Waals surface area contributed by atoms with Crippen molar-refractivity contribution in [2.45, 2.75) is 6.92 Å². The molecule has 2 rings (SSSR count). The Hall–Kier alpha value is -2.89. The van der Waals surface area contributed by atoms with Gasteiger partial charge in [0, 0.05) is 23.9 Å². The first-order chi connectivity index (χ1) is 11.0. The quantitative estimate of drug-likeness (QED) is 0.911. The molecule has 0 fully saturated rings. The standard InChI is InChI=1S/C17H17FN2O3/c1-10-12(17(22)19-2)5-4-6-14(10)20-16(21)11-7-8-13(18)15(9-11)23-3/h4-9H,1-3H3,(H,19,22)(H,20,21). The SMILES string of the molecule is CNC(=O)c1cccc(NC(=O)c2ccc(F)c(OC)c2)c1C. The lowest BCUT2D eigenvalue weighted by Crippen LogP contribution is -2.20. The van der Waals surface area contributed by atoms with Crippen LogP contribution in [-0.2, 0) is 0 Å². The van der Waals surface area contributed by atoms with Gasteiger partial charge in [-0.3, -0.25) is 9.59 Å². The van der Waals surface area contributed by atoms with Gasteiger partial charge in [0.05, 0.1) is 7.11 Å². The maximum Gasteiger partial charge on any atom is 0.255 e. The van der Waals surface area contributed by atoms with Gasteiger partial charge in [-0.2, -0.15) is 0 Å². The molecule has 2 aromatic rings. The highest BCUT2D eigenvalue weighted by atomic mass is 19.1. The van der Waals surface area contributed by atoms with E-state index in [-0.39, 0.29) is 17.2 Å². The first-order valence-electron chi connectivity index (χ1n) is 6.94. The van der Waals surface area contributed by atoms with Gasteiger partial charge in [-0.15, -0.1) is 0 Å². The van der Waals surface area contributed by atoms with Crippen LogP contribution >= 0.6 is 0 Å². The second kappa shape index (κ2) is 6.91. The van der Waals surface area contributed by atoms with E-state index >= 15 is 0 Å². The van der Waals surface area contributed by atoms with Crippen LogP contribution in [0.5, 0.6) is 5.75 Å². The second-order valence-corrected chi connectivity index (χ2v) is 4.86. The van der Waals surface area contributed by atoms with E-state index in [9.17, 15) is 14.0 Å². The molecule has 0 aliphatic heterocycles. The average Bonchev–Trinajstić information content (AvgIpc) is 2.56. The van der Waals surface area contributed by atoms with Crippen LogP contribution in [0, 0.1) is 12.7 Å². The van der Waals surface area contributed by atoms with E-state index in [1.165, 1.54) is 32.4 Å². The van der Waals surface area contributed by atoms with E-state index in [0.29, 0.717) is 16.8 Å². The summed E-state index contributed by atoms with van der Waals surface area (Å²) in [5.41, 5.74) is 1.89. The molecule has 6 heteroatoms. The van der Waals surface area contributed by atoms with Gasteiger partial charge in [-0.1, -0.05) is 6.07 Å². The fourth-order valence-corrected chi connectivity index (χ4v) is 2.15. The van der Waals surface area contributed by atoms with Gasteiger partial charge in [-0.05, 0) is 42.8 Å². The number of amides is 2. The van der Waals surface area contributed by atoms with Gasteiger partial charge in [0.1, 0.15) is 0 Å². The average molecular weight is 316 g/mol. The van der Waals surface area contributed by atoms with E-state index in [0.717, 1.165) is 0 Å². The lowest BCUT2D eigenvalue weighted by molar-refractivity contribution is 0.0960. The summed E-state index contributed by atoms with van der Waals surface area (Å²) in [7, 11) is 2.87. The minimum atomic E-state index is -0.540. The Bertz CT molecular complexity index is 759. The van der Waals surface area contributed by atoms with E-state index in [1.807, 2.05) is 0 Å². The largest absolute Gasteiger partial charge is 0.494 e. The van der Waals surface area contributed by atoms with Gasteiger partial charge < -0.3 is 15.4 Å². The fourth-order valence-electron chi connectivity index (χ4n) is 2.15. The highest BCUT2D eigenvalue weighted by molar-refractivity contribution is 6.06. The van der Waals surface area contributed by atoms with Gasteiger partial charge in [0.2, 0.25) is 0 Å². The summed E-state index contributed by atoms with van der Waals surface area (Å²) in [5.74, 6) is -1.20. The van der Waals surface area contributed by atoms with Gasteiger partial charge >= 0.3 is 0 Å². The molecule has 0 radical (unpaired) electrons. The molecule has 0 heterocycles. The van der Waals surface area contributed by atoms with Crippen LogP contribution in [0.4, 0.5) is 10.1 Å². The van der Waals surface area contributed by atoms with E-state index < -0.39 is 11.7 Å². The minimum Gasteiger partial charge on any atom is -0.494 e. The summed E-state index contributed by atoms with van der Waals surface area (Å²) in [4.78, 5) is 24.1. The first-order valence-corrected chi connectivity index (χ1v) is 6.94. The number of hydrogen-bond donors (Lipinski definition) is 2. The molecule has 120 valence electrons. The van der Waals surface area contributed by atoms with Crippen molar-refractivity contribution in [1.82, 2.24) is 5.32 Å². The third-order valence-electron chi connectivity index (χ3n) is 3.47. The lowest BCUT2D eigenvalue weighted by atomic mass is 10.1. The summed E-state index contributed by atoms with van der Waals surface area (Å²) in [6, 6.07) is 8.90. The first kappa shape index (κ1) is 16.5. The van der Waals surface area contributed by atoms with E-state index in [2.05, 4.69) is 10.6 Å². The van der Waals surface area contributed by atoms with Crippen molar-refractivity contribution < 1.29 is 18.7 Å². The zero-order valence-corrected chi connectivity index (χ0v) is 13.1. The molecule has 0 aliphatic carbocycles. The Balaban J connectivity index is 2.29. The number of nitrogens with one attached hydrogen (secondary N) is 2. The summed E-state index contributed by atoms with van der Waals surface area (Å²) in [6.07, 6.45) is 0. The van der Waals surface area contributed by atoms with Crippen LogP contribution < -0.4 is 15.4 Å². The van der Waals surface area contributed by atoms with Crippen LogP contribution in [0.15, 0.2) is 36.4 Å². The normalized spacial score (nSPS) is 10.1. The number of carbonyl (C=O) groups is 2. The molecule has 0 saturated heterocycles. The number of ether oxygens (including phenoxy) is 1. The molecule has 2 amide bonds. The van der Waals surface area contributed by atoms with Gasteiger partial charge in [0.25, 0.3) is 11.8 Å². The van der Waals surface area contributed by atoms with Crippen LogP contribution in [0.3, 0.4) is 0 Å². The van der Waals surface area contributed by atoms with Crippen molar-refractivity contribution in [3.63, 3.8) is 0 Å². The van der Waals surface area contributed by atoms with Gasteiger partial charge in [0.15, 0.2) is 11.6 Å². The molecule has 0 unspecified atom stereocenters. The highest BCUT2D eigenvalue weighted by Crippen LogP contribution is 2.22. The third-order valence-corrected chi connectivity index (χ3v) is 3.47. The number of halogens is 1.